The maximum atomic E-state index is 10.2. The van der Waals surface area contributed by atoms with Crippen molar-refractivity contribution in [1.82, 2.24) is 5.32 Å². The number of hydrogen-bond acceptors (Lipinski definition) is 2. The largest absolute Gasteiger partial charge is 0.507 e. The van der Waals surface area contributed by atoms with Gasteiger partial charge in [-0.1, -0.05) is 36.4 Å². The van der Waals surface area contributed by atoms with Crippen LogP contribution in [0.2, 0.25) is 0 Å². The van der Waals surface area contributed by atoms with Crippen LogP contribution in [0.5, 0.6) is 5.75 Å². The highest BCUT2D eigenvalue weighted by Crippen LogP contribution is 2.28. The molecule has 0 aliphatic rings. The van der Waals surface area contributed by atoms with Crippen molar-refractivity contribution in [1.29, 1.82) is 0 Å². The maximum absolute atomic E-state index is 10.2. The van der Waals surface area contributed by atoms with Crippen LogP contribution in [0.15, 0.2) is 41.4 Å². The SMILES string of the molecule is CN=C(Cc1ccc2ccccc2c1O)NC. The van der Waals surface area contributed by atoms with Crippen molar-refractivity contribution in [2.24, 2.45) is 4.99 Å². The molecule has 0 saturated carbocycles. The topological polar surface area (TPSA) is 44.6 Å². The first-order chi connectivity index (χ1) is 8.26. The fourth-order valence-corrected chi connectivity index (χ4v) is 1.90. The van der Waals surface area contributed by atoms with Crippen LogP contribution in [0.25, 0.3) is 10.8 Å². The molecule has 0 atom stereocenters. The highest BCUT2D eigenvalue weighted by molar-refractivity contribution is 5.92. The number of nitrogens with zero attached hydrogens (tertiary/aromatic N) is 1. The lowest BCUT2D eigenvalue weighted by atomic mass is 10.0. The molecule has 88 valence electrons. The van der Waals surface area contributed by atoms with Crippen molar-refractivity contribution in [2.75, 3.05) is 14.1 Å². The van der Waals surface area contributed by atoms with Crippen LogP contribution in [0, 0.1) is 0 Å². The number of fused-ring (bicyclic) bond motifs is 1. The number of rotatable bonds is 2. The van der Waals surface area contributed by atoms with Crippen LogP contribution in [0.1, 0.15) is 5.56 Å². The molecule has 0 saturated heterocycles. The molecule has 2 aromatic rings. The number of phenols is 1. The molecule has 0 aliphatic heterocycles. The van der Waals surface area contributed by atoms with Crippen molar-refractivity contribution in [3.63, 3.8) is 0 Å². The predicted molar refractivity (Wildman–Crippen MR) is 71.7 cm³/mol. The van der Waals surface area contributed by atoms with Crippen molar-refractivity contribution in [3.8, 4) is 5.75 Å². The molecule has 17 heavy (non-hydrogen) atoms. The summed E-state index contributed by atoms with van der Waals surface area (Å²) in [4.78, 5) is 4.12. The lowest BCUT2D eigenvalue weighted by Crippen LogP contribution is -2.20. The van der Waals surface area contributed by atoms with Crippen LogP contribution in [0.3, 0.4) is 0 Å². The standard InChI is InChI=1S/C14H16N2O/c1-15-13(16-2)9-11-8-7-10-5-3-4-6-12(10)14(11)17/h3-8,17H,9H2,1-2H3,(H,15,16). The summed E-state index contributed by atoms with van der Waals surface area (Å²) in [6.45, 7) is 0. The first-order valence-corrected chi connectivity index (χ1v) is 5.59. The van der Waals surface area contributed by atoms with E-state index in [4.69, 9.17) is 0 Å². The normalized spacial score (nSPS) is 11.8. The molecule has 0 heterocycles. The summed E-state index contributed by atoms with van der Waals surface area (Å²) in [6.07, 6.45) is 0.615. The van der Waals surface area contributed by atoms with Crippen molar-refractivity contribution < 1.29 is 5.11 Å². The quantitative estimate of drug-likeness (QED) is 0.612. The summed E-state index contributed by atoms with van der Waals surface area (Å²) in [7, 11) is 3.57. The van der Waals surface area contributed by atoms with E-state index >= 15 is 0 Å². The second-order valence-corrected chi connectivity index (χ2v) is 3.89. The summed E-state index contributed by atoms with van der Waals surface area (Å²) in [6, 6.07) is 11.8. The van der Waals surface area contributed by atoms with Gasteiger partial charge >= 0.3 is 0 Å². The average molecular weight is 228 g/mol. The Morgan fingerprint density at radius 2 is 2.00 bits per heavy atom. The van der Waals surface area contributed by atoms with Crippen LogP contribution in [-0.4, -0.2) is 25.0 Å². The van der Waals surface area contributed by atoms with E-state index in [1.165, 1.54) is 0 Å². The third-order valence-corrected chi connectivity index (χ3v) is 2.90. The summed E-state index contributed by atoms with van der Waals surface area (Å²) in [5.74, 6) is 1.20. The molecule has 0 radical (unpaired) electrons. The third kappa shape index (κ3) is 2.23. The number of hydrogen-bond donors (Lipinski definition) is 2. The van der Waals surface area contributed by atoms with Gasteiger partial charge in [0.2, 0.25) is 0 Å². The molecular formula is C14H16N2O. The van der Waals surface area contributed by atoms with E-state index in [0.29, 0.717) is 12.2 Å². The lowest BCUT2D eigenvalue weighted by molar-refractivity contribution is 0.476. The van der Waals surface area contributed by atoms with Gasteiger partial charge in [0, 0.05) is 31.5 Å². The van der Waals surface area contributed by atoms with Crippen molar-refractivity contribution in [2.45, 2.75) is 6.42 Å². The molecule has 0 spiro atoms. The van der Waals surface area contributed by atoms with Gasteiger partial charge in [0.15, 0.2) is 0 Å². The number of aromatic hydroxyl groups is 1. The molecule has 0 unspecified atom stereocenters. The van der Waals surface area contributed by atoms with Crippen LogP contribution in [0.4, 0.5) is 0 Å². The minimum Gasteiger partial charge on any atom is -0.507 e. The Morgan fingerprint density at radius 3 is 2.71 bits per heavy atom. The summed E-state index contributed by atoms with van der Waals surface area (Å²) < 4.78 is 0. The monoisotopic (exact) mass is 228 g/mol. The summed E-state index contributed by atoms with van der Waals surface area (Å²) >= 11 is 0. The number of amidine groups is 1. The van der Waals surface area contributed by atoms with Gasteiger partial charge in [-0.15, -0.1) is 0 Å². The lowest BCUT2D eigenvalue weighted by Gasteiger charge is -2.09. The van der Waals surface area contributed by atoms with E-state index in [9.17, 15) is 5.11 Å². The molecule has 0 aromatic heterocycles. The molecule has 2 N–H and O–H groups in total. The molecular weight excluding hydrogens is 212 g/mol. The third-order valence-electron chi connectivity index (χ3n) is 2.90. The summed E-state index contributed by atoms with van der Waals surface area (Å²) in [5, 5.41) is 15.2. The zero-order chi connectivity index (χ0) is 12.3. The Labute approximate surface area is 101 Å². The molecule has 3 heteroatoms. The fraction of sp³-hybridized carbons (Fsp3) is 0.214. The van der Waals surface area contributed by atoms with Gasteiger partial charge in [-0.3, -0.25) is 4.99 Å². The number of nitrogens with one attached hydrogen (secondary N) is 1. The van der Waals surface area contributed by atoms with Crippen LogP contribution >= 0.6 is 0 Å². The van der Waals surface area contributed by atoms with E-state index in [2.05, 4.69) is 10.3 Å². The zero-order valence-electron chi connectivity index (χ0n) is 10.1. The first kappa shape index (κ1) is 11.5. The average Bonchev–Trinajstić information content (AvgIpc) is 2.38. The smallest absolute Gasteiger partial charge is 0.127 e. The van der Waals surface area contributed by atoms with Gasteiger partial charge in [0.1, 0.15) is 11.6 Å². The molecule has 2 rings (SSSR count). The predicted octanol–water partition coefficient (Wildman–Crippen LogP) is 2.34. The number of benzene rings is 2. The van der Waals surface area contributed by atoms with Crippen molar-refractivity contribution >= 4 is 16.6 Å². The van der Waals surface area contributed by atoms with Gasteiger partial charge in [-0.2, -0.15) is 0 Å². The zero-order valence-corrected chi connectivity index (χ0v) is 10.1. The second kappa shape index (κ2) is 4.87. The van der Waals surface area contributed by atoms with E-state index in [1.807, 2.05) is 43.4 Å². The van der Waals surface area contributed by atoms with Gasteiger partial charge < -0.3 is 10.4 Å². The molecule has 0 aliphatic carbocycles. The minimum absolute atomic E-state index is 0.347. The summed E-state index contributed by atoms with van der Waals surface area (Å²) in [5.41, 5.74) is 0.888. The number of aliphatic imine (C=N–C) groups is 1. The molecule has 0 amide bonds. The Balaban J connectivity index is 2.46. The van der Waals surface area contributed by atoms with Crippen molar-refractivity contribution in [3.05, 3.63) is 42.0 Å². The van der Waals surface area contributed by atoms with E-state index in [1.54, 1.807) is 7.05 Å². The number of likely N-dealkylation sites (N-methyl/N-ethyl adjacent to an activating group) is 1. The maximum Gasteiger partial charge on any atom is 0.127 e. The van der Waals surface area contributed by atoms with Crippen LogP contribution < -0.4 is 5.32 Å². The van der Waals surface area contributed by atoms with Gasteiger partial charge in [0.05, 0.1) is 0 Å². The fourth-order valence-electron chi connectivity index (χ4n) is 1.90. The van der Waals surface area contributed by atoms with Gasteiger partial charge in [0.25, 0.3) is 0 Å². The molecule has 0 fully saturated rings. The van der Waals surface area contributed by atoms with Gasteiger partial charge in [-0.05, 0) is 5.39 Å². The highest BCUT2D eigenvalue weighted by Gasteiger charge is 2.07. The molecule has 0 bridgehead atoms. The van der Waals surface area contributed by atoms with E-state index < -0.39 is 0 Å². The van der Waals surface area contributed by atoms with Crippen LogP contribution in [-0.2, 0) is 6.42 Å². The molecule has 3 nitrogen and oxygen atoms in total. The Bertz CT molecular complexity index is 561. The number of phenolic OH excluding ortho intramolecular Hbond substituents is 1. The van der Waals surface area contributed by atoms with E-state index in [0.717, 1.165) is 22.2 Å². The molecule has 2 aromatic carbocycles. The second-order valence-electron chi connectivity index (χ2n) is 3.89. The first-order valence-electron chi connectivity index (χ1n) is 5.59. The Hall–Kier alpha value is -2.03. The Kier molecular flexibility index (Phi) is 3.28. The Morgan fingerprint density at radius 1 is 1.24 bits per heavy atom. The van der Waals surface area contributed by atoms with Gasteiger partial charge in [-0.25, -0.2) is 0 Å². The minimum atomic E-state index is 0.347. The van der Waals surface area contributed by atoms with E-state index in [-0.39, 0.29) is 0 Å². The highest BCUT2D eigenvalue weighted by atomic mass is 16.3.